The van der Waals surface area contributed by atoms with Gasteiger partial charge in [-0.25, -0.2) is 9.79 Å². The maximum atomic E-state index is 13.6. The van der Waals surface area contributed by atoms with Gasteiger partial charge in [0, 0.05) is 17.0 Å². The van der Waals surface area contributed by atoms with E-state index in [1.807, 2.05) is 47.8 Å². The maximum Gasteiger partial charge on any atom is 0.338 e. The monoisotopic (exact) mass is 517 g/mol. The number of hydrogen-bond acceptors (Lipinski definition) is 8. The summed E-state index contributed by atoms with van der Waals surface area (Å²) >= 11 is 2.61. The van der Waals surface area contributed by atoms with Gasteiger partial charge < -0.3 is 4.74 Å². The Morgan fingerprint density at radius 2 is 1.97 bits per heavy atom. The molecule has 2 aromatic carbocycles. The number of nitro groups is 1. The summed E-state index contributed by atoms with van der Waals surface area (Å²) in [5.41, 5.74) is 1.78. The van der Waals surface area contributed by atoms with E-state index in [0.717, 1.165) is 10.4 Å². The van der Waals surface area contributed by atoms with Crippen LogP contribution in [0, 0.1) is 10.1 Å². The third-order valence-electron chi connectivity index (χ3n) is 5.65. The predicted molar refractivity (Wildman–Crippen MR) is 137 cm³/mol. The second-order valence-corrected chi connectivity index (χ2v) is 10.00. The number of carbonyl (C=O) groups is 1. The number of aromatic nitrogens is 1. The second-order valence-electron chi connectivity index (χ2n) is 8.01. The van der Waals surface area contributed by atoms with Gasteiger partial charge in [-0.2, -0.15) is 0 Å². The van der Waals surface area contributed by atoms with E-state index >= 15 is 0 Å². The van der Waals surface area contributed by atoms with Crippen molar-refractivity contribution in [1.82, 2.24) is 4.57 Å². The van der Waals surface area contributed by atoms with Gasteiger partial charge >= 0.3 is 5.97 Å². The summed E-state index contributed by atoms with van der Waals surface area (Å²) in [6.45, 7) is 1.84. The van der Waals surface area contributed by atoms with Gasteiger partial charge in [-0.05, 0) is 35.6 Å². The molecular weight excluding hydrogens is 498 g/mol. The van der Waals surface area contributed by atoms with Crippen LogP contribution in [0.5, 0.6) is 0 Å². The summed E-state index contributed by atoms with van der Waals surface area (Å²) in [7, 11) is 0. The number of fused-ring (bicyclic) bond motifs is 1. The van der Waals surface area contributed by atoms with Crippen molar-refractivity contribution < 1.29 is 14.5 Å². The Morgan fingerprint density at radius 3 is 2.69 bits per heavy atom. The molecule has 1 atom stereocenters. The average molecular weight is 518 g/mol. The maximum absolute atomic E-state index is 13.6. The fourth-order valence-corrected chi connectivity index (χ4v) is 5.85. The molecule has 0 fully saturated rings. The van der Waals surface area contributed by atoms with Crippen LogP contribution in [-0.4, -0.2) is 15.5 Å². The SMILES string of the molecule is CC1=C(C(=O)OCc2ccccc2)C(c2cccs2)n2c(sc(=Cc3cccc([N+](=O)[O-])c3)c2=O)=N1. The number of esters is 1. The Hall–Kier alpha value is -4.15. The van der Waals surface area contributed by atoms with Crippen molar-refractivity contribution in [1.29, 1.82) is 0 Å². The molecule has 5 rings (SSSR count). The van der Waals surface area contributed by atoms with Gasteiger partial charge in [0.15, 0.2) is 4.80 Å². The van der Waals surface area contributed by atoms with Gasteiger partial charge in [0.05, 0.1) is 20.7 Å². The van der Waals surface area contributed by atoms with Crippen molar-refractivity contribution >= 4 is 40.4 Å². The predicted octanol–water partition coefficient (Wildman–Crippen LogP) is 3.95. The van der Waals surface area contributed by atoms with Gasteiger partial charge in [-0.15, -0.1) is 11.3 Å². The molecule has 2 aromatic heterocycles. The summed E-state index contributed by atoms with van der Waals surface area (Å²) in [5.74, 6) is -0.536. The minimum atomic E-state index is -0.684. The van der Waals surface area contributed by atoms with E-state index in [1.165, 1.54) is 39.4 Å². The zero-order valence-corrected chi connectivity index (χ0v) is 20.6. The van der Waals surface area contributed by atoms with Gasteiger partial charge in [0.1, 0.15) is 12.6 Å². The van der Waals surface area contributed by atoms with Crippen LogP contribution in [0.2, 0.25) is 0 Å². The quantitative estimate of drug-likeness (QED) is 0.219. The molecule has 3 heterocycles. The van der Waals surface area contributed by atoms with Crippen LogP contribution in [0.4, 0.5) is 5.69 Å². The summed E-state index contributed by atoms with van der Waals surface area (Å²) in [6.07, 6.45) is 1.61. The highest BCUT2D eigenvalue weighted by molar-refractivity contribution is 7.10. The summed E-state index contributed by atoms with van der Waals surface area (Å²) in [5, 5.41) is 13.0. The van der Waals surface area contributed by atoms with E-state index in [1.54, 1.807) is 25.1 Å². The van der Waals surface area contributed by atoms with E-state index in [-0.39, 0.29) is 17.9 Å². The first kappa shape index (κ1) is 23.6. The number of rotatable bonds is 6. The van der Waals surface area contributed by atoms with E-state index in [4.69, 9.17) is 4.74 Å². The minimum absolute atomic E-state index is 0.0627. The van der Waals surface area contributed by atoms with Gasteiger partial charge in [0.25, 0.3) is 11.2 Å². The molecule has 0 saturated carbocycles. The van der Waals surface area contributed by atoms with Crippen LogP contribution in [0.15, 0.2) is 93.2 Å². The van der Waals surface area contributed by atoms with Crippen molar-refractivity contribution in [3.05, 3.63) is 129 Å². The molecule has 1 unspecified atom stereocenters. The van der Waals surface area contributed by atoms with E-state index in [9.17, 15) is 19.7 Å². The van der Waals surface area contributed by atoms with Crippen LogP contribution >= 0.6 is 22.7 Å². The molecule has 1 aliphatic rings. The van der Waals surface area contributed by atoms with E-state index in [2.05, 4.69) is 4.99 Å². The Labute approximate surface area is 212 Å². The highest BCUT2D eigenvalue weighted by Crippen LogP contribution is 2.33. The molecule has 0 amide bonds. The van der Waals surface area contributed by atoms with Gasteiger partial charge in [0.2, 0.25) is 0 Å². The lowest BCUT2D eigenvalue weighted by molar-refractivity contribution is -0.384. The number of thiazole rings is 1. The van der Waals surface area contributed by atoms with Crippen LogP contribution in [0.1, 0.15) is 29.0 Å². The molecule has 8 nitrogen and oxygen atoms in total. The molecule has 0 radical (unpaired) electrons. The second kappa shape index (κ2) is 9.84. The molecular formula is C26H19N3O5S2. The topological polar surface area (TPSA) is 104 Å². The normalized spacial score (nSPS) is 15.4. The third-order valence-corrected chi connectivity index (χ3v) is 7.55. The number of allylic oxidation sites excluding steroid dienone is 1. The molecule has 180 valence electrons. The number of nitrogens with zero attached hydrogens (tertiary/aromatic N) is 3. The van der Waals surface area contributed by atoms with Crippen LogP contribution in [0.3, 0.4) is 0 Å². The Kier molecular flexibility index (Phi) is 6.45. The van der Waals surface area contributed by atoms with Crippen molar-refractivity contribution in [3.63, 3.8) is 0 Å². The van der Waals surface area contributed by atoms with Gasteiger partial charge in [-0.3, -0.25) is 19.5 Å². The standard InChI is InChI=1S/C26H19N3O5S2/c1-16-22(25(31)34-15-17-7-3-2-4-8-17)23(20-11-6-12-35-20)28-24(30)21(36-26(28)27-16)14-18-9-5-10-19(13-18)29(32)33/h2-14,23H,15H2,1H3. The fourth-order valence-electron chi connectivity index (χ4n) is 3.98. The van der Waals surface area contributed by atoms with Crippen molar-refractivity contribution in [3.8, 4) is 0 Å². The van der Waals surface area contributed by atoms with Crippen molar-refractivity contribution in [2.45, 2.75) is 19.6 Å². The molecule has 0 aliphatic carbocycles. The largest absolute Gasteiger partial charge is 0.457 e. The first-order valence-electron chi connectivity index (χ1n) is 10.9. The molecule has 1 aliphatic heterocycles. The zero-order valence-electron chi connectivity index (χ0n) is 19.0. The third kappa shape index (κ3) is 4.56. The van der Waals surface area contributed by atoms with Crippen molar-refractivity contribution in [2.75, 3.05) is 0 Å². The summed E-state index contributed by atoms with van der Waals surface area (Å²) in [4.78, 5) is 43.4. The number of carbonyl (C=O) groups excluding carboxylic acids is 1. The highest BCUT2D eigenvalue weighted by Gasteiger charge is 2.34. The smallest absolute Gasteiger partial charge is 0.338 e. The van der Waals surface area contributed by atoms with Crippen LogP contribution in [0.25, 0.3) is 6.08 Å². The van der Waals surface area contributed by atoms with E-state index in [0.29, 0.717) is 26.2 Å². The lowest BCUT2D eigenvalue weighted by Gasteiger charge is -2.23. The lowest BCUT2D eigenvalue weighted by Crippen LogP contribution is -2.39. The molecule has 10 heteroatoms. The molecule has 0 spiro atoms. The molecule has 4 aromatic rings. The van der Waals surface area contributed by atoms with Crippen LogP contribution in [-0.2, 0) is 16.1 Å². The van der Waals surface area contributed by atoms with Gasteiger partial charge in [-0.1, -0.05) is 59.9 Å². The number of hydrogen-bond donors (Lipinski definition) is 0. The van der Waals surface area contributed by atoms with E-state index < -0.39 is 16.9 Å². The first-order valence-corrected chi connectivity index (χ1v) is 12.6. The Bertz CT molecular complexity index is 1670. The first-order chi connectivity index (χ1) is 17.4. The lowest BCUT2D eigenvalue weighted by atomic mass is 10.0. The summed E-state index contributed by atoms with van der Waals surface area (Å²) < 4.78 is 7.49. The highest BCUT2D eigenvalue weighted by atomic mass is 32.1. The molecule has 0 saturated heterocycles. The van der Waals surface area contributed by atoms with Crippen molar-refractivity contribution in [2.24, 2.45) is 4.99 Å². The molecule has 36 heavy (non-hydrogen) atoms. The average Bonchev–Trinajstić information content (AvgIpc) is 3.51. The van der Waals surface area contributed by atoms with Crippen LogP contribution < -0.4 is 14.9 Å². The fraction of sp³-hybridized carbons (Fsp3) is 0.115. The zero-order chi connectivity index (χ0) is 25.2. The number of thiophene rings is 1. The summed E-state index contributed by atoms with van der Waals surface area (Å²) in [6, 6.07) is 18.5. The molecule has 0 N–H and O–H groups in total. The Morgan fingerprint density at radius 1 is 1.17 bits per heavy atom. The number of non-ortho nitro benzene ring substituents is 1. The number of benzene rings is 2. The number of ether oxygens (including phenoxy) is 1. The minimum Gasteiger partial charge on any atom is -0.457 e. The number of nitro benzene ring substituents is 1. The molecule has 0 bridgehead atoms. The Balaban J connectivity index is 1.58.